The van der Waals surface area contributed by atoms with E-state index in [0.29, 0.717) is 52.0 Å². The fourth-order valence-corrected chi connectivity index (χ4v) is 7.17. The summed E-state index contributed by atoms with van der Waals surface area (Å²) < 4.78 is 33.7. The Kier molecular flexibility index (Phi) is 15.1. The normalized spacial score (nSPS) is 17.0. The fraction of sp³-hybridized carbons (Fsp3) is 0.516. The van der Waals surface area contributed by atoms with Gasteiger partial charge in [-0.15, -0.1) is 0 Å². The summed E-state index contributed by atoms with van der Waals surface area (Å²) in [5, 5.41) is 0. The summed E-state index contributed by atoms with van der Waals surface area (Å²) in [4.78, 5) is 40.3. The predicted octanol–water partition coefficient (Wildman–Crippen LogP) is 9.30. The minimum absolute atomic E-state index is 0.0184. The zero-order chi connectivity index (χ0) is 30.9. The van der Waals surface area contributed by atoms with Crippen LogP contribution in [0.1, 0.15) is 78.9 Å². The lowest BCUT2D eigenvalue weighted by molar-refractivity contribution is -0.133. The van der Waals surface area contributed by atoms with Gasteiger partial charge in [0.15, 0.2) is 0 Å². The topological polar surface area (TPSA) is 63.7 Å². The number of carbonyl (C=O) groups is 3. The van der Waals surface area contributed by atoms with Crippen LogP contribution in [-0.2, 0) is 24.2 Å². The molecule has 3 unspecified atom stereocenters. The average molecular weight is 1030 g/mol. The van der Waals surface area contributed by atoms with Crippen LogP contribution in [0.25, 0.3) is 0 Å². The first-order valence-electron chi connectivity index (χ1n) is 14.1. The Labute approximate surface area is 301 Å². The maximum atomic E-state index is 14.9. The van der Waals surface area contributed by atoms with E-state index in [4.69, 9.17) is 4.74 Å². The minimum atomic E-state index is -1.64. The molecular formula is C31H35F2I4NO4. The van der Waals surface area contributed by atoms with Gasteiger partial charge in [0.05, 0.1) is 6.54 Å². The molecule has 230 valence electrons. The van der Waals surface area contributed by atoms with E-state index in [-0.39, 0.29) is 12.5 Å². The first-order valence-corrected chi connectivity index (χ1v) is 18.8. The van der Waals surface area contributed by atoms with Crippen LogP contribution < -0.4 is 4.74 Å². The highest BCUT2D eigenvalue weighted by Gasteiger charge is 2.37. The number of amides is 2. The molecule has 0 aromatic heterocycles. The molecule has 2 amide bonds. The summed E-state index contributed by atoms with van der Waals surface area (Å²) in [5.74, 6) is -0.394. The van der Waals surface area contributed by atoms with Crippen molar-refractivity contribution >= 4 is 108 Å². The zero-order valence-corrected chi connectivity index (χ0v) is 32.0. The maximum Gasteiger partial charge on any atom is 0.261 e. The number of rotatable bonds is 16. The average Bonchev–Trinajstić information content (AvgIpc) is 3.03. The smallest absolute Gasteiger partial charge is 0.261 e. The molecule has 2 aromatic rings. The summed E-state index contributed by atoms with van der Waals surface area (Å²) in [6.07, 6.45) is 6.51. The number of carbonyl (C=O) groups excluding carboxylic acids is 3. The monoisotopic (exact) mass is 1030 g/mol. The van der Waals surface area contributed by atoms with E-state index in [2.05, 4.69) is 52.1 Å². The van der Waals surface area contributed by atoms with Crippen molar-refractivity contribution in [3.8, 4) is 5.75 Å². The van der Waals surface area contributed by atoms with Gasteiger partial charge < -0.3 is 9.53 Å². The van der Waals surface area contributed by atoms with Crippen molar-refractivity contribution in [3.63, 3.8) is 0 Å². The maximum absolute atomic E-state index is 14.9. The van der Waals surface area contributed by atoms with Crippen molar-refractivity contribution in [1.82, 2.24) is 4.90 Å². The van der Waals surface area contributed by atoms with Gasteiger partial charge in [-0.3, -0.25) is 14.5 Å². The Morgan fingerprint density at radius 3 is 2.55 bits per heavy atom. The third-order valence-electron chi connectivity index (χ3n) is 7.41. The Morgan fingerprint density at radius 2 is 1.90 bits per heavy atom. The van der Waals surface area contributed by atoms with Crippen molar-refractivity contribution < 1.29 is 27.9 Å². The summed E-state index contributed by atoms with van der Waals surface area (Å²) in [7, 11) is 0. The van der Waals surface area contributed by atoms with Crippen LogP contribution in [0.4, 0.5) is 8.78 Å². The number of unbranched alkanes of at least 4 members (excludes halogenated alkanes) is 2. The molecule has 0 N–H and O–H groups in total. The van der Waals surface area contributed by atoms with Gasteiger partial charge in [-0.05, 0) is 134 Å². The van der Waals surface area contributed by atoms with E-state index in [1.54, 1.807) is 69.4 Å². The molecule has 0 fully saturated rings. The lowest BCUT2D eigenvalue weighted by atomic mass is 9.83. The van der Waals surface area contributed by atoms with Crippen molar-refractivity contribution in [2.24, 2.45) is 11.8 Å². The second kappa shape index (κ2) is 17.5. The molecule has 3 atom stereocenters. The van der Waals surface area contributed by atoms with E-state index in [1.807, 2.05) is 12.1 Å². The van der Waals surface area contributed by atoms with E-state index >= 15 is 0 Å². The van der Waals surface area contributed by atoms with Crippen LogP contribution in [-0.4, -0.2) is 40.2 Å². The van der Waals surface area contributed by atoms with Crippen molar-refractivity contribution in [2.75, 3.05) is 11.1 Å². The lowest BCUT2D eigenvalue weighted by Crippen LogP contribution is -2.39. The summed E-state index contributed by atoms with van der Waals surface area (Å²) in [6.45, 7) is 1.50. The summed E-state index contributed by atoms with van der Waals surface area (Å²) in [6, 6.07) is 10.5. The van der Waals surface area contributed by atoms with Crippen LogP contribution in [0.5, 0.6) is 5.75 Å². The molecular weight excluding hydrogens is 996 g/mol. The molecule has 0 saturated carbocycles. The van der Waals surface area contributed by atoms with Gasteiger partial charge in [-0.25, -0.2) is 8.78 Å². The number of benzene rings is 2. The molecule has 0 spiro atoms. The Morgan fingerprint density at radius 1 is 1.14 bits per heavy atom. The largest absolute Gasteiger partial charge is 0.487 e. The number of halogens is 6. The Hall–Kier alpha value is -0.170. The predicted molar refractivity (Wildman–Crippen MR) is 195 cm³/mol. The highest BCUT2D eigenvalue weighted by Crippen LogP contribution is 2.42. The highest BCUT2D eigenvalue weighted by atomic mass is 127. The molecule has 1 heterocycles. The lowest BCUT2D eigenvalue weighted by Gasteiger charge is -2.26. The van der Waals surface area contributed by atoms with Gasteiger partial charge in [0, 0.05) is 31.5 Å². The van der Waals surface area contributed by atoms with Crippen LogP contribution >= 0.6 is 90.4 Å². The van der Waals surface area contributed by atoms with Gasteiger partial charge in [-0.1, -0.05) is 61.3 Å². The van der Waals surface area contributed by atoms with Crippen LogP contribution in [0, 0.1) is 15.4 Å². The number of ether oxygens (including phenoxy) is 1. The van der Waals surface area contributed by atoms with E-state index in [1.165, 1.54) is 4.90 Å². The molecule has 1 aliphatic heterocycles. The zero-order valence-electron chi connectivity index (χ0n) is 23.4. The SMILES string of the molecule is CCCC(CCCCC=O)CC1Cc2ccc(OC(CF)CI)cc2C(=O)N(Cc2cc(I)cc(C(F)(I)I)c2)C1=O. The second-order valence-corrected chi connectivity index (χ2v) is 17.8. The molecule has 0 aliphatic carbocycles. The molecule has 0 bridgehead atoms. The third kappa shape index (κ3) is 10.4. The quantitative estimate of drug-likeness (QED) is 0.0554. The first-order chi connectivity index (χ1) is 20.0. The van der Waals surface area contributed by atoms with Gasteiger partial charge in [-0.2, -0.15) is 0 Å². The molecule has 11 heteroatoms. The Balaban J connectivity index is 2.01. The van der Waals surface area contributed by atoms with Gasteiger partial charge >= 0.3 is 0 Å². The number of imide groups is 1. The molecule has 3 rings (SSSR count). The molecule has 42 heavy (non-hydrogen) atoms. The van der Waals surface area contributed by atoms with Crippen molar-refractivity contribution in [2.45, 2.75) is 72.6 Å². The van der Waals surface area contributed by atoms with E-state index in [9.17, 15) is 23.2 Å². The Bertz CT molecular complexity index is 1240. The van der Waals surface area contributed by atoms with E-state index in [0.717, 1.165) is 47.5 Å². The van der Waals surface area contributed by atoms with Gasteiger partial charge in [0.1, 0.15) is 24.8 Å². The number of alkyl halides is 5. The summed E-state index contributed by atoms with van der Waals surface area (Å²) >= 11 is 7.64. The van der Waals surface area contributed by atoms with Crippen LogP contribution in [0.3, 0.4) is 0 Å². The number of hydrogen-bond acceptors (Lipinski definition) is 4. The highest BCUT2D eigenvalue weighted by molar-refractivity contribution is 14.2. The van der Waals surface area contributed by atoms with E-state index < -0.39 is 26.3 Å². The molecule has 1 aliphatic rings. The van der Waals surface area contributed by atoms with Crippen molar-refractivity contribution in [1.29, 1.82) is 0 Å². The van der Waals surface area contributed by atoms with Crippen LogP contribution in [0.2, 0.25) is 0 Å². The standard InChI is InChI=1S/C31H35F2I4NO4/c1-2-6-20(7-4-3-5-10-39)11-23-14-22-8-9-26(42-27(17-32)18-34)16-28(22)30(41)38(29(23)40)19-21-12-24(31(33,36)37)15-25(35)13-21/h8-10,12-13,15-16,20,23,27H,2-7,11,14,17-19H2,1H3. The fourth-order valence-electron chi connectivity index (χ4n) is 5.39. The third-order valence-corrected chi connectivity index (χ3v) is 10.3. The molecule has 0 saturated heterocycles. The molecule has 5 nitrogen and oxygen atoms in total. The number of nitrogens with zero attached hydrogens (tertiary/aromatic N) is 1. The van der Waals surface area contributed by atoms with Crippen LogP contribution in [0.15, 0.2) is 36.4 Å². The minimum Gasteiger partial charge on any atom is -0.487 e. The summed E-state index contributed by atoms with van der Waals surface area (Å²) in [5.41, 5.74) is 2.27. The number of aldehydes is 1. The van der Waals surface area contributed by atoms with Crippen molar-refractivity contribution in [3.05, 3.63) is 62.2 Å². The molecule has 2 aromatic carbocycles. The van der Waals surface area contributed by atoms with Gasteiger partial charge in [0.2, 0.25) is 7.59 Å². The number of fused-ring (bicyclic) bond motifs is 1. The second-order valence-electron chi connectivity index (χ2n) is 10.7. The van der Waals surface area contributed by atoms with Gasteiger partial charge in [0.25, 0.3) is 5.91 Å². The first kappa shape index (κ1) is 36.3. The number of hydrogen-bond donors (Lipinski definition) is 0. The molecule has 0 radical (unpaired) electrons.